The summed E-state index contributed by atoms with van der Waals surface area (Å²) in [6.45, 7) is 7.87. The Hall–Kier alpha value is -1.63. The third-order valence-corrected chi connectivity index (χ3v) is 5.21. The first kappa shape index (κ1) is 19.1. The highest BCUT2D eigenvalue weighted by atomic mass is 35.5. The molecule has 6 nitrogen and oxygen atoms in total. The van der Waals surface area contributed by atoms with Crippen LogP contribution in [0.1, 0.15) is 49.6 Å². The molecule has 0 saturated carbocycles. The van der Waals surface area contributed by atoms with Crippen molar-refractivity contribution in [1.29, 1.82) is 0 Å². The number of hydrogen-bond acceptors (Lipinski definition) is 4. The van der Waals surface area contributed by atoms with Crippen LogP contribution in [-0.2, 0) is 0 Å². The van der Waals surface area contributed by atoms with Gasteiger partial charge in [0, 0.05) is 12.0 Å². The van der Waals surface area contributed by atoms with Gasteiger partial charge in [-0.3, -0.25) is 4.79 Å². The van der Waals surface area contributed by atoms with Gasteiger partial charge in [0.2, 0.25) is 5.82 Å². The van der Waals surface area contributed by atoms with E-state index in [1.807, 2.05) is 13.8 Å². The maximum absolute atomic E-state index is 12.7. The summed E-state index contributed by atoms with van der Waals surface area (Å²) in [5.74, 6) is 0.915. The van der Waals surface area contributed by atoms with E-state index in [4.69, 9.17) is 23.2 Å². The number of halogens is 2. The maximum Gasteiger partial charge on any atom is 0.291 e. The number of carbonyl (C=O) groups is 1. The Labute approximate surface area is 163 Å². The minimum absolute atomic E-state index is 0.0502. The zero-order chi connectivity index (χ0) is 18.8. The molecule has 2 N–H and O–H groups in total. The smallest absolute Gasteiger partial charge is 0.291 e. The summed E-state index contributed by atoms with van der Waals surface area (Å²) in [5, 5.41) is 11.7. The van der Waals surface area contributed by atoms with Gasteiger partial charge in [-0.05, 0) is 37.6 Å². The van der Waals surface area contributed by atoms with Gasteiger partial charge in [-0.15, -0.1) is 5.10 Å². The van der Waals surface area contributed by atoms with Crippen molar-refractivity contribution in [2.24, 2.45) is 5.92 Å². The van der Waals surface area contributed by atoms with Crippen molar-refractivity contribution >= 4 is 29.1 Å². The van der Waals surface area contributed by atoms with Gasteiger partial charge in [0.25, 0.3) is 5.91 Å². The summed E-state index contributed by atoms with van der Waals surface area (Å²) in [5.41, 5.74) is 0.543. The standard InChI is InChI=1S/C18H23Cl2N5O/c1-10(2)17-23-16(18(26)22-14-7-8-21-9-11(14)3)24-25(17)15-12(19)5-4-6-13(15)20/h4-6,10-11,14,21H,7-9H2,1-3H3,(H,22,26). The summed E-state index contributed by atoms with van der Waals surface area (Å²) in [7, 11) is 0. The van der Waals surface area contributed by atoms with E-state index in [1.54, 1.807) is 22.9 Å². The van der Waals surface area contributed by atoms with Gasteiger partial charge in [0.1, 0.15) is 11.5 Å². The number of hydrogen-bond donors (Lipinski definition) is 2. The van der Waals surface area contributed by atoms with Crippen molar-refractivity contribution < 1.29 is 4.79 Å². The number of aromatic nitrogens is 3. The van der Waals surface area contributed by atoms with E-state index in [0.29, 0.717) is 27.5 Å². The molecule has 1 aliphatic heterocycles. The number of para-hydroxylation sites is 1. The molecule has 2 atom stereocenters. The van der Waals surface area contributed by atoms with Crippen LogP contribution in [0, 0.1) is 5.92 Å². The predicted molar refractivity (Wildman–Crippen MR) is 103 cm³/mol. The highest BCUT2D eigenvalue weighted by Gasteiger charge is 2.27. The van der Waals surface area contributed by atoms with Gasteiger partial charge in [0.05, 0.1) is 10.0 Å². The molecule has 3 rings (SSSR count). The lowest BCUT2D eigenvalue weighted by Gasteiger charge is -2.29. The molecule has 1 saturated heterocycles. The maximum atomic E-state index is 12.7. The van der Waals surface area contributed by atoms with E-state index in [1.165, 1.54) is 0 Å². The molecule has 0 spiro atoms. The molecule has 1 fully saturated rings. The normalized spacial score (nSPS) is 20.4. The fraction of sp³-hybridized carbons (Fsp3) is 0.500. The highest BCUT2D eigenvalue weighted by Crippen LogP contribution is 2.30. The van der Waals surface area contributed by atoms with E-state index in [2.05, 4.69) is 27.6 Å². The van der Waals surface area contributed by atoms with Gasteiger partial charge in [-0.25, -0.2) is 9.67 Å². The molecular formula is C18H23Cl2N5O. The molecule has 1 aliphatic rings. The van der Waals surface area contributed by atoms with Gasteiger partial charge in [-0.2, -0.15) is 0 Å². The lowest BCUT2D eigenvalue weighted by atomic mass is 9.95. The largest absolute Gasteiger partial charge is 0.346 e. The van der Waals surface area contributed by atoms with Crippen molar-refractivity contribution in [2.45, 2.75) is 39.2 Å². The van der Waals surface area contributed by atoms with Crippen LogP contribution in [0.3, 0.4) is 0 Å². The molecule has 1 aromatic heterocycles. The fourth-order valence-electron chi connectivity index (χ4n) is 3.11. The monoisotopic (exact) mass is 395 g/mol. The zero-order valence-corrected chi connectivity index (χ0v) is 16.6. The number of piperidine rings is 1. The van der Waals surface area contributed by atoms with Crippen LogP contribution in [0.5, 0.6) is 0 Å². The number of nitrogens with one attached hydrogen (secondary N) is 2. The molecule has 0 aliphatic carbocycles. The van der Waals surface area contributed by atoms with Crippen LogP contribution in [0.4, 0.5) is 0 Å². The molecule has 2 unspecified atom stereocenters. The SMILES string of the molecule is CC(C)c1nc(C(=O)NC2CCNCC2C)nn1-c1c(Cl)cccc1Cl. The van der Waals surface area contributed by atoms with Crippen LogP contribution in [-0.4, -0.2) is 39.8 Å². The first-order valence-electron chi connectivity index (χ1n) is 8.81. The molecule has 8 heteroatoms. The molecule has 26 heavy (non-hydrogen) atoms. The minimum Gasteiger partial charge on any atom is -0.346 e. The average Bonchev–Trinajstić information content (AvgIpc) is 3.02. The Balaban J connectivity index is 1.93. The lowest BCUT2D eigenvalue weighted by Crippen LogP contribution is -2.48. The van der Waals surface area contributed by atoms with Crippen LogP contribution >= 0.6 is 23.2 Å². The molecule has 0 bridgehead atoms. The van der Waals surface area contributed by atoms with Gasteiger partial charge in [-0.1, -0.05) is 50.0 Å². The molecule has 1 amide bonds. The van der Waals surface area contributed by atoms with Crippen LogP contribution in [0.15, 0.2) is 18.2 Å². The second kappa shape index (κ2) is 7.94. The Kier molecular flexibility index (Phi) is 5.85. The highest BCUT2D eigenvalue weighted by molar-refractivity contribution is 6.37. The van der Waals surface area contributed by atoms with Crippen molar-refractivity contribution in [3.8, 4) is 5.69 Å². The van der Waals surface area contributed by atoms with E-state index in [0.717, 1.165) is 19.5 Å². The van der Waals surface area contributed by atoms with E-state index in [9.17, 15) is 4.79 Å². The topological polar surface area (TPSA) is 71.8 Å². The van der Waals surface area contributed by atoms with Crippen molar-refractivity contribution in [1.82, 2.24) is 25.4 Å². The number of nitrogens with zero attached hydrogens (tertiary/aromatic N) is 3. The molecular weight excluding hydrogens is 373 g/mol. The van der Waals surface area contributed by atoms with Crippen molar-refractivity contribution in [3.05, 3.63) is 39.9 Å². The second-order valence-electron chi connectivity index (χ2n) is 6.98. The molecule has 140 valence electrons. The molecule has 2 aromatic rings. The van der Waals surface area contributed by atoms with E-state index < -0.39 is 0 Å². The molecule has 0 radical (unpaired) electrons. The number of carbonyl (C=O) groups excluding carboxylic acids is 1. The Bertz CT molecular complexity index is 785. The van der Waals surface area contributed by atoms with Crippen LogP contribution < -0.4 is 10.6 Å². The number of amides is 1. The van der Waals surface area contributed by atoms with Crippen molar-refractivity contribution in [2.75, 3.05) is 13.1 Å². The number of benzene rings is 1. The van der Waals surface area contributed by atoms with Crippen LogP contribution in [0.2, 0.25) is 10.0 Å². The quantitative estimate of drug-likeness (QED) is 0.831. The van der Waals surface area contributed by atoms with Gasteiger partial charge in [0.15, 0.2) is 0 Å². The summed E-state index contributed by atoms with van der Waals surface area (Å²) in [6, 6.07) is 5.37. The second-order valence-corrected chi connectivity index (χ2v) is 7.79. The predicted octanol–water partition coefficient (Wildman–Crippen LogP) is 3.43. The van der Waals surface area contributed by atoms with Crippen LogP contribution in [0.25, 0.3) is 5.69 Å². The Morgan fingerprint density at radius 3 is 2.65 bits per heavy atom. The first-order chi connectivity index (χ1) is 12.4. The summed E-state index contributed by atoms with van der Waals surface area (Å²) < 4.78 is 1.58. The molecule has 2 heterocycles. The zero-order valence-electron chi connectivity index (χ0n) is 15.1. The third-order valence-electron chi connectivity index (χ3n) is 4.60. The number of rotatable bonds is 4. The minimum atomic E-state index is -0.271. The summed E-state index contributed by atoms with van der Waals surface area (Å²) >= 11 is 12.6. The first-order valence-corrected chi connectivity index (χ1v) is 9.57. The fourth-order valence-corrected chi connectivity index (χ4v) is 3.67. The lowest BCUT2D eigenvalue weighted by molar-refractivity contribution is 0.0903. The Morgan fingerprint density at radius 1 is 1.35 bits per heavy atom. The Morgan fingerprint density at radius 2 is 2.04 bits per heavy atom. The van der Waals surface area contributed by atoms with Gasteiger partial charge < -0.3 is 10.6 Å². The third kappa shape index (κ3) is 3.87. The summed E-state index contributed by atoms with van der Waals surface area (Å²) in [4.78, 5) is 17.2. The van der Waals surface area contributed by atoms with Crippen molar-refractivity contribution in [3.63, 3.8) is 0 Å². The molecule has 1 aromatic carbocycles. The summed E-state index contributed by atoms with van der Waals surface area (Å²) in [6.07, 6.45) is 0.890. The van der Waals surface area contributed by atoms with E-state index in [-0.39, 0.29) is 23.7 Å². The van der Waals surface area contributed by atoms with E-state index >= 15 is 0 Å². The van der Waals surface area contributed by atoms with Gasteiger partial charge >= 0.3 is 0 Å². The average molecular weight is 396 g/mol.